The molecule has 0 bridgehead atoms. The average molecular weight is 442 g/mol. The molecule has 0 spiro atoms. The van der Waals surface area contributed by atoms with E-state index in [9.17, 15) is 14.0 Å². The van der Waals surface area contributed by atoms with Crippen molar-refractivity contribution >= 4 is 28.5 Å². The molecule has 3 aromatic rings. The van der Waals surface area contributed by atoms with Crippen molar-refractivity contribution in [3.63, 3.8) is 0 Å². The minimum atomic E-state index is -0.592. The first kappa shape index (κ1) is 20.2. The normalized spacial score (nSPS) is 21.5. The predicted octanol–water partition coefficient (Wildman–Crippen LogP) is 4.16. The maximum atomic E-state index is 13.9. The second-order valence-electron chi connectivity index (χ2n) is 8.31. The fourth-order valence-corrected chi connectivity index (χ4v) is 4.39. The lowest BCUT2D eigenvalue weighted by molar-refractivity contribution is -0.00928. The number of halogens is 2. The van der Waals surface area contributed by atoms with Crippen LogP contribution in [-0.4, -0.2) is 21.6 Å². The van der Waals surface area contributed by atoms with Crippen LogP contribution in [0.2, 0.25) is 5.02 Å². The molecule has 1 unspecified atom stereocenters. The summed E-state index contributed by atoms with van der Waals surface area (Å²) in [5.41, 5.74) is 6.81. The first-order valence-electron chi connectivity index (χ1n) is 10.3. The highest BCUT2D eigenvalue weighted by atomic mass is 35.5. The van der Waals surface area contributed by atoms with Crippen LogP contribution in [0, 0.1) is 11.7 Å². The molecule has 8 heteroatoms. The van der Waals surface area contributed by atoms with Gasteiger partial charge in [0.15, 0.2) is 0 Å². The van der Waals surface area contributed by atoms with Crippen molar-refractivity contribution < 1.29 is 13.9 Å². The molecule has 1 heterocycles. The van der Waals surface area contributed by atoms with Gasteiger partial charge in [0, 0.05) is 18.9 Å². The SMILES string of the molecule is NC(c1nc2c(Cl)cc(F)cc2c(=O)n1C1CC(OC(=O)c2ccccc2)C1)C1CC1. The number of fused-ring (bicyclic) bond motifs is 1. The summed E-state index contributed by atoms with van der Waals surface area (Å²) in [7, 11) is 0. The number of hydrogen-bond donors (Lipinski definition) is 1. The van der Waals surface area contributed by atoms with Crippen LogP contribution in [0.15, 0.2) is 47.3 Å². The molecule has 31 heavy (non-hydrogen) atoms. The Morgan fingerprint density at radius 3 is 2.61 bits per heavy atom. The van der Waals surface area contributed by atoms with Gasteiger partial charge in [-0.15, -0.1) is 0 Å². The molecule has 0 amide bonds. The Kier molecular flexibility index (Phi) is 5.02. The second kappa shape index (κ2) is 7.73. The highest BCUT2D eigenvalue weighted by molar-refractivity contribution is 6.35. The van der Waals surface area contributed by atoms with E-state index < -0.39 is 17.8 Å². The third-order valence-electron chi connectivity index (χ3n) is 6.10. The van der Waals surface area contributed by atoms with Crippen LogP contribution in [0.1, 0.15) is 53.9 Å². The Morgan fingerprint density at radius 1 is 1.23 bits per heavy atom. The fraction of sp³-hybridized carbons (Fsp3) is 0.348. The molecule has 2 aliphatic carbocycles. The van der Waals surface area contributed by atoms with E-state index in [4.69, 9.17) is 22.1 Å². The van der Waals surface area contributed by atoms with Crippen molar-refractivity contribution in [2.45, 2.75) is 43.9 Å². The second-order valence-corrected chi connectivity index (χ2v) is 8.72. The van der Waals surface area contributed by atoms with Gasteiger partial charge in [-0.2, -0.15) is 0 Å². The van der Waals surface area contributed by atoms with Crippen LogP contribution in [0.25, 0.3) is 10.9 Å². The summed E-state index contributed by atoms with van der Waals surface area (Å²) >= 11 is 6.18. The number of esters is 1. The highest BCUT2D eigenvalue weighted by Crippen LogP contribution is 2.42. The molecule has 2 fully saturated rings. The standard InChI is InChI=1S/C23H21ClFN3O3/c24-18-9-14(25)8-17-20(18)27-21(19(26)12-6-7-12)28(22(17)29)15-10-16(11-15)31-23(30)13-4-2-1-3-5-13/h1-5,8-9,12,15-16,19H,6-7,10-11,26H2. The smallest absolute Gasteiger partial charge is 0.338 e. The summed E-state index contributed by atoms with van der Waals surface area (Å²) in [6.07, 6.45) is 2.60. The van der Waals surface area contributed by atoms with Gasteiger partial charge in [0.1, 0.15) is 17.7 Å². The molecule has 2 aliphatic rings. The maximum absolute atomic E-state index is 13.9. The number of hydrogen-bond acceptors (Lipinski definition) is 5. The van der Waals surface area contributed by atoms with Gasteiger partial charge in [-0.3, -0.25) is 9.36 Å². The Bertz CT molecular complexity index is 1220. The van der Waals surface area contributed by atoms with Gasteiger partial charge >= 0.3 is 5.97 Å². The number of aromatic nitrogens is 2. The molecule has 5 rings (SSSR count). The number of benzene rings is 2. The van der Waals surface area contributed by atoms with Gasteiger partial charge < -0.3 is 10.5 Å². The van der Waals surface area contributed by atoms with Crippen LogP contribution in [-0.2, 0) is 4.74 Å². The Hall–Kier alpha value is -2.77. The number of carbonyl (C=O) groups excluding carboxylic acids is 1. The van der Waals surface area contributed by atoms with Gasteiger partial charge in [0.2, 0.25) is 0 Å². The largest absolute Gasteiger partial charge is 0.459 e. The third-order valence-corrected chi connectivity index (χ3v) is 6.38. The number of nitrogens with zero attached hydrogens (tertiary/aromatic N) is 2. The summed E-state index contributed by atoms with van der Waals surface area (Å²) in [5, 5.41) is 0.216. The summed E-state index contributed by atoms with van der Waals surface area (Å²) in [5.74, 6) is -0.254. The summed E-state index contributed by atoms with van der Waals surface area (Å²) in [6.45, 7) is 0. The zero-order chi connectivity index (χ0) is 21.7. The Balaban J connectivity index is 1.45. The van der Waals surface area contributed by atoms with E-state index in [1.165, 1.54) is 0 Å². The van der Waals surface area contributed by atoms with Gasteiger partial charge in [0.25, 0.3) is 5.56 Å². The molecular weight excluding hydrogens is 421 g/mol. The van der Waals surface area contributed by atoms with Gasteiger partial charge in [-0.05, 0) is 43.0 Å². The molecule has 0 saturated heterocycles. The molecule has 0 aliphatic heterocycles. The first-order valence-corrected chi connectivity index (χ1v) is 10.7. The van der Waals surface area contributed by atoms with Crippen molar-refractivity contribution in [1.29, 1.82) is 0 Å². The van der Waals surface area contributed by atoms with Crippen molar-refractivity contribution in [1.82, 2.24) is 9.55 Å². The third kappa shape index (κ3) is 3.72. The zero-order valence-electron chi connectivity index (χ0n) is 16.6. The van der Waals surface area contributed by atoms with E-state index in [0.29, 0.717) is 24.2 Å². The highest BCUT2D eigenvalue weighted by Gasteiger charge is 2.39. The molecule has 160 valence electrons. The molecule has 2 aromatic carbocycles. The van der Waals surface area contributed by atoms with Crippen LogP contribution >= 0.6 is 11.6 Å². The monoisotopic (exact) mass is 441 g/mol. The molecule has 6 nitrogen and oxygen atoms in total. The number of ether oxygens (including phenoxy) is 1. The molecule has 0 radical (unpaired) electrons. The quantitative estimate of drug-likeness (QED) is 0.601. The van der Waals surface area contributed by atoms with Crippen LogP contribution in [0.5, 0.6) is 0 Å². The molecule has 2 N–H and O–H groups in total. The van der Waals surface area contributed by atoms with Crippen molar-refractivity contribution in [2.75, 3.05) is 0 Å². The van der Waals surface area contributed by atoms with E-state index >= 15 is 0 Å². The van der Waals surface area contributed by atoms with E-state index in [2.05, 4.69) is 4.98 Å². The van der Waals surface area contributed by atoms with E-state index in [0.717, 1.165) is 25.0 Å². The lowest BCUT2D eigenvalue weighted by atomic mass is 9.88. The molecule has 1 aromatic heterocycles. The van der Waals surface area contributed by atoms with E-state index in [1.54, 1.807) is 28.8 Å². The van der Waals surface area contributed by atoms with Crippen molar-refractivity contribution in [2.24, 2.45) is 11.7 Å². The zero-order valence-corrected chi connectivity index (χ0v) is 17.4. The molecule has 2 saturated carbocycles. The van der Waals surface area contributed by atoms with Crippen LogP contribution in [0.4, 0.5) is 4.39 Å². The van der Waals surface area contributed by atoms with E-state index in [-0.39, 0.29) is 39.5 Å². The number of carbonyl (C=O) groups is 1. The fourth-order valence-electron chi connectivity index (χ4n) is 4.14. The lowest BCUT2D eigenvalue weighted by Gasteiger charge is -2.37. The van der Waals surface area contributed by atoms with Gasteiger partial charge in [0.05, 0.1) is 27.5 Å². The van der Waals surface area contributed by atoms with E-state index in [1.807, 2.05) is 6.07 Å². The predicted molar refractivity (Wildman–Crippen MR) is 115 cm³/mol. The minimum absolute atomic E-state index is 0.0896. The number of nitrogens with two attached hydrogens (primary N) is 1. The van der Waals surface area contributed by atoms with Crippen molar-refractivity contribution in [3.05, 3.63) is 75.0 Å². The minimum Gasteiger partial charge on any atom is -0.459 e. The Morgan fingerprint density at radius 2 is 1.94 bits per heavy atom. The first-order chi connectivity index (χ1) is 14.9. The van der Waals surface area contributed by atoms with Crippen LogP contribution in [0.3, 0.4) is 0 Å². The van der Waals surface area contributed by atoms with Crippen molar-refractivity contribution in [3.8, 4) is 0 Å². The van der Waals surface area contributed by atoms with Gasteiger partial charge in [-0.25, -0.2) is 14.2 Å². The summed E-state index contributed by atoms with van der Waals surface area (Å²) in [4.78, 5) is 30.2. The summed E-state index contributed by atoms with van der Waals surface area (Å²) in [6, 6.07) is 10.5. The Labute approximate surface area is 182 Å². The van der Waals surface area contributed by atoms with Crippen LogP contribution < -0.4 is 11.3 Å². The topological polar surface area (TPSA) is 87.2 Å². The summed E-state index contributed by atoms with van der Waals surface area (Å²) < 4.78 is 21.1. The lowest BCUT2D eigenvalue weighted by Crippen LogP contribution is -2.42. The maximum Gasteiger partial charge on any atom is 0.338 e. The van der Waals surface area contributed by atoms with Gasteiger partial charge in [-0.1, -0.05) is 29.8 Å². The molecule has 1 atom stereocenters. The average Bonchev–Trinajstić information content (AvgIpc) is 3.57. The number of rotatable bonds is 5. The molecular formula is C23H21ClFN3O3.